The number of piperidine rings is 1. The van der Waals surface area contributed by atoms with Crippen molar-refractivity contribution in [2.45, 2.75) is 37.2 Å². The van der Waals surface area contributed by atoms with Crippen molar-refractivity contribution in [3.8, 4) is 11.8 Å². The number of ether oxygens (including phenoxy) is 2. The van der Waals surface area contributed by atoms with Crippen LogP contribution in [0.25, 0.3) is 0 Å². The fourth-order valence-electron chi connectivity index (χ4n) is 2.96. The number of rotatable bonds is 6. The van der Waals surface area contributed by atoms with Crippen LogP contribution < -0.4 is 9.47 Å². The van der Waals surface area contributed by atoms with Crippen LogP contribution in [0.1, 0.15) is 25.3 Å². The van der Waals surface area contributed by atoms with Crippen LogP contribution in [-0.4, -0.2) is 49.0 Å². The number of hydrogen-bond acceptors (Lipinski definition) is 6. The molecule has 0 saturated carbocycles. The molecule has 1 aromatic heterocycles. The van der Waals surface area contributed by atoms with Crippen LogP contribution in [0.3, 0.4) is 0 Å². The summed E-state index contributed by atoms with van der Waals surface area (Å²) in [6.45, 7) is 2.80. The van der Waals surface area contributed by atoms with Gasteiger partial charge in [0.1, 0.15) is 6.10 Å². The van der Waals surface area contributed by atoms with E-state index in [0.717, 1.165) is 24.8 Å². The van der Waals surface area contributed by atoms with Gasteiger partial charge < -0.3 is 9.47 Å². The molecule has 1 fully saturated rings. The lowest BCUT2D eigenvalue weighted by Crippen LogP contribution is -2.44. The highest BCUT2D eigenvalue weighted by Crippen LogP contribution is 2.26. The lowest BCUT2D eigenvalue weighted by Gasteiger charge is -2.31. The second kappa shape index (κ2) is 8.01. The van der Waals surface area contributed by atoms with Crippen molar-refractivity contribution < 1.29 is 17.9 Å². The van der Waals surface area contributed by atoms with Crippen LogP contribution in [0.4, 0.5) is 0 Å². The van der Waals surface area contributed by atoms with E-state index in [1.54, 1.807) is 12.1 Å². The van der Waals surface area contributed by atoms with Crippen molar-refractivity contribution in [3.05, 3.63) is 42.2 Å². The molecule has 0 aliphatic carbocycles. The lowest BCUT2D eigenvalue weighted by molar-refractivity contribution is 0.119. The van der Waals surface area contributed by atoms with Gasteiger partial charge in [0.15, 0.2) is 0 Å². The molecule has 1 saturated heterocycles. The summed E-state index contributed by atoms with van der Waals surface area (Å²) in [6.07, 6.45) is 5.09. The molecular weight excluding hydrogens is 354 g/mol. The van der Waals surface area contributed by atoms with Gasteiger partial charge in [-0.3, -0.25) is 0 Å². The molecule has 26 heavy (non-hydrogen) atoms. The van der Waals surface area contributed by atoms with Crippen LogP contribution in [0.5, 0.6) is 11.8 Å². The van der Waals surface area contributed by atoms with E-state index in [2.05, 4.69) is 9.97 Å². The third-order valence-electron chi connectivity index (χ3n) is 4.42. The van der Waals surface area contributed by atoms with E-state index >= 15 is 0 Å². The Kier molecular flexibility index (Phi) is 5.73. The van der Waals surface area contributed by atoms with Gasteiger partial charge in [0, 0.05) is 18.9 Å². The summed E-state index contributed by atoms with van der Waals surface area (Å²) in [4.78, 5) is 8.50. The Morgan fingerprint density at radius 3 is 2.50 bits per heavy atom. The Morgan fingerprint density at radius 2 is 1.85 bits per heavy atom. The third-order valence-corrected chi connectivity index (χ3v) is 6.29. The first kappa shape index (κ1) is 18.6. The average Bonchev–Trinajstić information content (AvgIpc) is 2.68. The molecular formula is C18H23N3O4S. The molecule has 0 spiro atoms. The molecule has 1 unspecified atom stereocenters. The van der Waals surface area contributed by atoms with Crippen LogP contribution >= 0.6 is 0 Å². The van der Waals surface area contributed by atoms with E-state index in [4.69, 9.17) is 9.47 Å². The molecule has 0 bridgehead atoms. The fourth-order valence-corrected chi connectivity index (χ4v) is 4.47. The van der Waals surface area contributed by atoms with Gasteiger partial charge in [-0.1, -0.05) is 19.1 Å². The molecule has 3 rings (SSSR count). The quantitative estimate of drug-likeness (QED) is 0.768. The number of benzene rings is 1. The maximum atomic E-state index is 12.9. The molecule has 140 valence electrons. The number of aromatic nitrogens is 2. The van der Waals surface area contributed by atoms with E-state index in [-0.39, 0.29) is 18.5 Å². The van der Waals surface area contributed by atoms with Gasteiger partial charge >= 0.3 is 0 Å². The molecule has 1 atom stereocenters. The molecule has 0 N–H and O–H groups in total. The summed E-state index contributed by atoms with van der Waals surface area (Å²) in [5, 5.41) is 0. The highest BCUT2D eigenvalue weighted by molar-refractivity contribution is 7.89. The van der Waals surface area contributed by atoms with Gasteiger partial charge in [0.25, 0.3) is 11.8 Å². The van der Waals surface area contributed by atoms with E-state index in [0.29, 0.717) is 17.3 Å². The molecule has 8 heteroatoms. The maximum absolute atomic E-state index is 12.9. The Hall–Kier alpha value is -2.19. The summed E-state index contributed by atoms with van der Waals surface area (Å²) in [5.74, 6) is 0.578. The molecule has 1 aromatic carbocycles. The SMILES string of the molecule is CCc1ccc(S(=O)(=O)N2CCCC(Oc3nccnc3OC)C2)cc1. The average molecular weight is 377 g/mol. The van der Waals surface area contributed by atoms with Crippen LogP contribution in [0.15, 0.2) is 41.6 Å². The standard InChI is InChI=1S/C18H23N3O4S/c1-3-14-6-8-16(9-7-14)26(22,23)21-12-4-5-15(13-21)25-18-17(24-2)19-10-11-20-18/h6-11,15H,3-5,12-13H2,1-2H3. The lowest BCUT2D eigenvalue weighted by atomic mass is 10.1. The topological polar surface area (TPSA) is 81.6 Å². The zero-order valence-electron chi connectivity index (χ0n) is 15.0. The number of aryl methyl sites for hydroxylation is 1. The minimum Gasteiger partial charge on any atom is -0.477 e. The molecule has 1 aliphatic heterocycles. The van der Waals surface area contributed by atoms with E-state index in [9.17, 15) is 8.42 Å². The molecule has 0 radical (unpaired) electrons. The Balaban J connectivity index is 1.74. The summed E-state index contributed by atoms with van der Waals surface area (Å²) < 4.78 is 38.3. The maximum Gasteiger partial charge on any atom is 0.278 e. The number of methoxy groups -OCH3 is 1. The smallest absolute Gasteiger partial charge is 0.278 e. The predicted molar refractivity (Wildman–Crippen MR) is 96.8 cm³/mol. The van der Waals surface area contributed by atoms with Gasteiger partial charge in [-0.15, -0.1) is 0 Å². The number of nitrogens with zero attached hydrogens (tertiary/aromatic N) is 3. The summed E-state index contributed by atoms with van der Waals surface area (Å²) >= 11 is 0. The van der Waals surface area contributed by atoms with Crippen molar-refractivity contribution >= 4 is 10.0 Å². The highest BCUT2D eigenvalue weighted by atomic mass is 32.2. The molecule has 0 amide bonds. The first-order chi connectivity index (χ1) is 12.5. The van der Waals surface area contributed by atoms with Gasteiger partial charge in [-0.2, -0.15) is 4.31 Å². The second-order valence-electron chi connectivity index (χ2n) is 6.11. The molecule has 7 nitrogen and oxygen atoms in total. The monoisotopic (exact) mass is 377 g/mol. The van der Waals surface area contributed by atoms with E-state index < -0.39 is 10.0 Å². The van der Waals surface area contributed by atoms with E-state index in [1.807, 2.05) is 19.1 Å². The summed E-state index contributed by atoms with van der Waals surface area (Å²) in [7, 11) is -2.05. The second-order valence-corrected chi connectivity index (χ2v) is 8.05. The van der Waals surface area contributed by atoms with Crippen LogP contribution in [0, 0.1) is 0 Å². The van der Waals surface area contributed by atoms with Crippen molar-refractivity contribution in [1.82, 2.24) is 14.3 Å². The largest absolute Gasteiger partial charge is 0.477 e. The number of hydrogen-bond donors (Lipinski definition) is 0. The zero-order chi connectivity index (χ0) is 18.6. The van der Waals surface area contributed by atoms with Crippen molar-refractivity contribution in [2.75, 3.05) is 20.2 Å². The van der Waals surface area contributed by atoms with Gasteiger partial charge in [-0.25, -0.2) is 18.4 Å². The van der Waals surface area contributed by atoms with Crippen molar-refractivity contribution in [3.63, 3.8) is 0 Å². The molecule has 1 aliphatic rings. The highest BCUT2D eigenvalue weighted by Gasteiger charge is 2.31. The Labute approximate surface area is 154 Å². The number of sulfonamides is 1. The van der Waals surface area contributed by atoms with E-state index in [1.165, 1.54) is 23.8 Å². The molecule has 2 heterocycles. The summed E-state index contributed by atoms with van der Waals surface area (Å²) in [6, 6.07) is 7.05. The van der Waals surface area contributed by atoms with Gasteiger partial charge in [0.2, 0.25) is 10.0 Å². The fraction of sp³-hybridized carbons (Fsp3) is 0.444. The minimum atomic E-state index is -3.54. The van der Waals surface area contributed by atoms with Crippen LogP contribution in [-0.2, 0) is 16.4 Å². The zero-order valence-corrected chi connectivity index (χ0v) is 15.8. The minimum absolute atomic E-state index is 0.275. The Morgan fingerprint density at radius 1 is 1.15 bits per heavy atom. The van der Waals surface area contributed by atoms with Gasteiger partial charge in [-0.05, 0) is 37.0 Å². The van der Waals surface area contributed by atoms with Crippen molar-refractivity contribution in [1.29, 1.82) is 0 Å². The van der Waals surface area contributed by atoms with Crippen molar-refractivity contribution in [2.24, 2.45) is 0 Å². The Bertz CT molecular complexity index is 840. The normalized spacial score (nSPS) is 18.5. The first-order valence-corrected chi connectivity index (χ1v) is 10.1. The van der Waals surface area contributed by atoms with Crippen LogP contribution in [0.2, 0.25) is 0 Å². The molecule has 2 aromatic rings. The predicted octanol–water partition coefficient (Wildman–Crippen LogP) is 2.28. The first-order valence-electron chi connectivity index (χ1n) is 8.65. The third kappa shape index (κ3) is 3.96. The summed E-state index contributed by atoms with van der Waals surface area (Å²) in [5.41, 5.74) is 1.11. The van der Waals surface area contributed by atoms with Gasteiger partial charge in [0.05, 0.1) is 18.6 Å².